The molecule has 0 radical (unpaired) electrons. The number of nitrogens with one attached hydrogen (secondary N) is 1. The van der Waals surface area contributed by atoms with Crippen LogP contribution in [0.2, 0.25) is 5.02 Å². The number of halogens is 1. The summed E-state index contributed by atoms with van der Waals surface area (Å²) in [5, 5.41) is 12.8. The summed E-state index contributed by atoms with van der Waals surface area (Å²) in [6.45, 7) is 5.61. The number of hydrogen-bond donors (Lipinski definition) is 1. The molecule has 0 aliphatic carbocycles. The molecule has 1 N–H and O–H groups in total. The van der Waals surface area contributed by atoms with E-state index in [1.807, 2.05) is 60.8 Å². The number of aryl methyl sites for hydroxylation is 1. The molecular weight excluding hydrogens is 402 g/mol. The van der Waals surface area contributed by atoms with Gasteiger partial charge < -0.3 is 15.0 Å². The summed E-state index contributed by atoms with van der Waals surface area (Å²) in [6, 6.07) is 7.60. The Hall–Kier alpha value is -2.84. The van der Waals surface area contributed by atoms with E-state index in [0.717, 1.165) is 42.4 Å². The van der Waals surface area contributed by atoms with E-state index in [0.29, 0.717) is 18.2 Å². The largest absolute Gasteiger partial charge is 0.370 e. The number of morpholine rings is 1. The molecule has 3 heterocycles. The molecule has 0 spiro atoms. The molecule has 1 unspecified atom stereocenters. The molecule has 4 rings (SSSR count). The summed E-state index contributed by atoms with van der Waals surface area (Å²) in [6.07, 6.45) is 7.70. The lowest BCUT2D eigenvalue weighted by Crippen LogP contribution is -2.48. The van der Waals surface area contributed by atoms with Crippen LogP contribution < -0.4 is 5.32 Å². The lowest BCUT2D eigenvalue weighted by Gasteiger charge is -2.34. The van der Waals surface area contributed by atoms with E-state index in [-0.39, 0.29) is 6.10 Å². The average Bonchev–Trinajstić information content (AvgIpc) is 3.41. The van der Waals surface area contributed by atoms with Crippen molar-refractivity contribution < 1.29 is 4.74 Å². The third-order valence-electron chi connectivity index (χ3n) is 4.94. The second-order valence-electron chi connectivity index (χ2n) is 7.19. The molecule has 1 fully saturated rings. The van der Waals surface area contributed by atoms with Gasteiger partial charge >= 0.3 is 0 Å². The first-order valence-corrected chi connectivity index (χ1v) is 10.4. The highest BCUT2D eigenvalue weighted by atomic mass is 35.5. The highest BCUT2D eigenvalue weighted by Crippen LogP contribution is 2.22. The highest BCUT2D eigenvalue weighted by molar-refractivity contribution is 6.30. The van der Waals surface area contributed by atoms with Crippen LogP contribution in [0.4, 0.5) is 0 Å². The molecule has 0 amide bonds. The quantitative estimate of drug-likeness (QED) is 0.500. The standard InChI is InChI=1S/C21H26ClN7O/c1-3-23-21(28-8-9-30-20(15-28)17-12-25-27(2)14-17)24-10-16-11-26-29(13-16)19-6-4-18(22)5-7-19/h4-7,11-14,20H,3,8-10,15H2,1-2H3,(H,23,24). The fourth-order valence-corrected chi connectivity index (χ4v) is 3.54. The van der Waals surface area contributed by atoms with E-state index in [1.54, 1.807) is 4.68 Å². The molecule has 30 heavy (non-hydrogen) atoms. The van der Waals surface area contributed by atoms with Gasteiger partial charge in [0, 0.05) is 48.7 Å². The third-order valence-corrected chi connectivity index (χ3v) is 5.19. The van der Waals surface area contributed by atoms with Crippen LogP contribution in [0.25, 0.3) is 5.69 Å². The third kappa shape index (κ3) is 4.83. The number of rotatable bonds is 5. The van der Waals surface area contributed by atoms with Crippen molar-refractivity contribution in [3.05, 3.63) is 65.2 Å². The molecule has 9 heteroatoms. The number of guanidine groups is 1. The van der Waals surface area contributed by atoms with Gasteiger partial charge in [0.1, 0.15) is 6.10 Å². The van der Waals surface area contributed by atoms with Crippen molar-refractivity contribution in [1.29, 1.82) is 0 Å². The van der Waals surface area contributed by atoms with Crippen molar-refractivity contribution in [1.82, 2.24) is 29.8 Å². The maximum absolute atomic E-state index is 5.97. The summed E-state index contributed by atoms with van der Waals surface area (Å²) < 4.78 is 9.59. The second kappa shape index (κ2) is 9.32. The normalized spacial score (nSPS) is 17.4. The Morgan fingerprint density at radius 2 is 2.07 bits per heavy atom. The summed E-state index contributed by atoms with van der Waals surface area (Å²) in [5.41, 5.74) is 3.09. The van der Waals surface area contributed by atoms with Gasteiger partial charge in [-0.05, 0) is 31.2 Å². The Morgan fingerprint density at radius 3 is 2.80 bits per heavy atom. The SMILES string of the molecule is CCNC(=NCc1cnn(-c2ccc(Cl)cc2)c1)N1CCOC(c2cnn(C)c2)C1. The zero-order chi connectivity index (χ0) is 20.9. The van der Waals surface area contributed by atoms with Crippen LogP contribution in [0.15, 0.2) is 54.0 Å². The topological polar surface area (TPSA) is 72.5 Å². The predicted octanol–water partition coefficient (Wildman–Crippen LogP) is 2.80. The van der Waals surface area contributed by atoms with Crippen LogP contribution in [0.1, 0.15) is 24.2 Å². The monoisotopic (exact) mass is 427 g/mol. The van der Waals surface area contributed by atoms with E-state index < -0.39 is 0 Å². The zero-order valence-electron chi connectivity index (χ0n) is 17.2. The lowest BCUT2D eigenvalue weighted by atomic mass is 10.1. The first-order valence-electron chi connectivity index (χ1n) is 10.1. The summed E-state index contributed by atoms with van der Waals surface area (Å²) >= 11 is 5.97. The molecular formula is C21H26ClN7O. The molecule has 0 bridgehead atoms. The minimum absolute atomic E-state index is 0.0102. The molecule has 1 aliphatic heterocycles. The lowest BCUT2D eigenvalue weighted by molar-refractivity contribution is -0.00805. The van der Waals surface area contributed by atoms with Crippen molar-refractivity contribution in [2.75, 3.05) is 26.2 Å². The fraction of sp³-hybridized carbons (Fsp3) is 0.381. The Morgan fingerprint density at radius 1 is 1.23 bits per heavy atom. The minimum Gasteiger partial charge on any atom is -0.370 e. The maximum Gasteiger partial charge on any atom is 0.194 e. The Kier molecular flexibility index (Phi) is 6.35. The van der Waals surface area contributed by atoms with Crippen LogP contribution >= 0.6 is 11.6 Å². The summed E-state index contributed by atoms with van der Waals surface area (Å²) in [4.78, 5) is 7.09. The van der Waals surface area contributed by atoms with Crippen LogP contribution in [-0.4, -0.2) is 56.7 Å². The van der Waals surface area contributed by atoms with E-state index in [2.05, 4.69) is 27.3 Å². The molecule has 2 aromatic heterocycles. The van der Waals surface area contributed by atoms with Gasteiger partial charge in [-0.2, -0.15) is 10.2 Å². The first kappa shape index (κ1) is 20.4. The Balaban J connectivity index is 1.45. The molecule has 8 nitrogen and oxygen atoms in total. The summed E-state index contributed by atoms with van der Waals surface area (Å²) in [7, 11) is 1.92. The molecule has 3 aromatic rings. The average molecular weight is 428 g/mol. The van der Waals surface area contributed by atoms with Gasteiger partial charge in [0.05, 0.1) is 37.8 Å². The smallest absolute Gasteiger partial charge is 0.194 e. The van der Waals surface area contributed by atoms with Gasteiger partial charge in [0.25, 0.3) is 0 Å². The minimum atomic E-state index is -0.0102. The number of hydrogen-bond acceptors (Lipinski definition) is 4. The van der Waals surface area contributed by atoms with Gasteiger partial charge in [-0.1, -0.05) is 11.6 Å². The fourth-order valence-electron chi connectivity index (χ4n) is 3.42. The highest BCUT2D eigenvalue weighted by Gasteiger charge is 2.25. The maximum atomic E-state index is 5.97. The molecule has 0 saturated carbocycles. The number of ether oxygens (including phenoxy) is 1. The number of benzene rings is 1. The van der Waals surface area contributed by atoms with Gasteiger partial charge in [-0.15, -0.1) is 0 Å². The molecule has 1 aliphatic rings. The van der Waals surface area contributed by atoms with Crippen molar-refractivity contribution >= 4 is 17.6 Å². The van der Waals surface area contributed by atoms with Gasteiger partial charge in [-0.25, -0.2) is 9.67 Å². The molecule has 158 valence electrons. The van der Waals surface area contributed by atoms with E-state index in [4.69, 9.17) is 21.3 Å². The van der Waals surface area contributed by atoms with E-state index in [1.165, 1.54) is 0 Å². The van der Waals surface area contributed by atoms with Crippen molar-refractivity contribution in [2.24, 2.45) is 12.0 Å². The van der Waals surface area contributed by atoms with Crippen molar-refractivity contribution in [2.45, 2.75) is 19.6 Å². The van der Waals surface area contributed by atoms with Gasteiger partial charge in [0.2, 0.25) is 0 Å². The molecule has 1 atom stereocenters. The second-order valence-corrected chi connectivity index (χ2v) is 7.63. The molecule has 1 aromatic carbocycles. The first-order chi connectivity index (χ1) is 14.6. The zero-order valence-corrected chi connectivity index (χ0v) is 18.0. The van der Waals surface area contributed by atoms with E-state index in [9.17, 15) is 0 Å². The van der Waals surface area contributed by atoms with Crippen molar-refractivity contribution in [3.8, 4) is 5.69 Å². The predicted molar refractivity (Wildman–Crippen MR) is 117 cm³/mol. The van der Waals surface area contributed by atoms with Crippen molar-refractivity contribution in [3.63, 3.8) is 0 Å². The van der Waals surface area contributed by atoms with Crippen LogP contribution in [0, 0.1) is 0 Å². The van der Waals surface area contributed by atoms with Gasteiger partial charge in [0.15, 0.2) is 5.96 Å². The number of nitrogens with zero attached hydrogens (tertiary/aromatic N) is 6. The number of aromatic nitrogens is 4. The van der Waals surface area contributed by atoms with E-state index >= 15 is 0 Å². The summed E-state index contributed by atoms with van der Waals surface area (Å²) in [5.74, 6) is 0.883. The van der Waals surface area contributed by atoms with Crippen LogP contribution in [0.5, 0.6) is 0 Å². The van der Waals surface area contributed by atoms with Crippen LogP contribution in [0.3, 0.4) is 0 Å². The molecule has 1 saturated heterocycles. The number of aliphatic imine (C=N–C) groups is 1. The Bertz CT molecular complexity index is 995. The van der Waals surface area contributed by atoms with Gasteiger partial charge in [-0.3, -0.25) is 4.68 Å². The Labute approximate surface area is 181 Å². The van der Waals surface area contributed by atoms with Crippen LogP contribution in [-0.2, 0) is 18.3 Å².